The van der Waals surface area contributed by atoms with Gasteiger partial charge in [-0.1, -0.05) is 17.7 Å². The number of ether oxygens (including phenoxy) is 2. The van der Waals surface area contributed by atoms with Gasteiger partial charge in [0.25, 0.3) is 0 Å². The van der Waals surface area contributed by atoms with Gasteiger partial charge in [0.2, 0.25) is 5.88 Å². The molecule has 3 aromatic rings. The quantitative estimate of drug-likeness (QED) is 0.665. The maximum absolute atomic E-state index is 11.6. The molecule has 0 aliphatic rings. The molecule has 0 fully saturated rings. The lowest BCUT2D eigenvalue weighted by Crippen LogP contribution is -2.10. The molecule has 0 spiro atoms. The predicted molar refractivity (Wildman–Crippen MR) is 92.6 cm³/mol. The van der Waals surface area contributed by atoms with Crippen LogP contribution in [-0.2, 0) is 22.5 Å². The van der Waals surface area contributed by atoms with E-state index in [1.807, 2.05) is 41.1 Å². The van der Waals surface area contributed by atoms with Crippen LogP contribution in [0.15, 0.2) is 42.7 Å². The van der Waals surface area contributed by atoms with E-state index >= 15 is 0 Å². The number of esters is 1. The Bertz CT molecular complexity index is 872. The van der Waals surface area contributed by atoms with Gasteiger partial charge in [-0.3, -0.25) is 4.79 Å². The molecule has 5 nitrogen and oxygen atoms in total. The van der Waals surface area contributed by atoms with Crippen LogP contribution in [0.4, 0.5) is 0 Å². The lowest BCUT2D eigenvalue weighted by Gasteiger charge is -2.03. The lowest BCUT2D eigenvalue weighted by atomic mass is 10.1. The maximum Gasteiger partial charge on any atom is 0.325 e. The minimum absolute atomic E-state index is 0.162. The third-order valence-corrected chi connectivity index (χ3v) is 4.09. The monoisotopic (exact) mass is 344 g/mol. The van der Waals surface area contributed by atoms with Gasteiger partial charge in [0.15, 0.2) is 0 Å². The second-order valence-electron chi connectivity index (χ2n) is 5.41. The first-order valence-electron chi connectivity index (χ1n) is 7.43. The van der Waals surface area contributed by atoms with Crippen molar-refractivity contribution in [3.63, 3.8) is 0 Å². The Balaban J connectivity index is 1.99. The topological polar surface area (TPSA) is 53.4 Å². The summed E-state index contributed by atoms with van der Waals surface area (Å²) in [6.45, 7) is 0.162. The molecular weight excluding hydrogens is 328 g/mol. The highest BCUT2D eigenvalue weighted by Gasteiger charge is 2.12. The fraction of sp³-hybridized carbons (Fsp3) is 0.222. The molecule has 0 radical (unpaired) electrons. The van der Waals surface area contributed by atoms with E-state index in [1.54, 1.807) is 13.3 Å². The normalized spacial score (nSPS) is 10.8. The van der Waals surface area contributed by atoms with Crippen molar-refractivity contribution in [1.82, 2.24) is 9.55 Å². The fourth-order valence-corrected chi connectivity index (χ4v) is 2.85. The summed E-state index contributed by atoms with van der Waals surface area (Å²) in [4.78, 5) is 15.9. The van der Waals surface area contributed by atoms with Crippen LogP contribution in [0, 0.1) is 0 Å². The number of methoxy groups -OCH3 is 2. The molecule has 0 N–H and O–H groups in total. The molecule has 124 valence electrons. The summed E-state index contributed by atoms with van der Waals surface area (Å²) in [7, 11) is 2.97. The molecule has 0 amide bonds. The van der Waals surface area contributed by atoms with Crippen LogP contribution in [0.25, 0.3) is 10.9 Å². The molecule has 0 unspecified atom stereocenters. The van der Waals surface area contributed by atoms with Gasteiger partial charge >= 0.3 is 5.97 Å². The fourth-order valence-electron chi connectivity index (χ4n) is 2.67. The molecule has 3 rings (SSSR count). The van der Waals surface area contributed by atoms with Crippen molar-refractivity contribution < 1.29 is 14.3 Å². The first-order valence-corrected chi connectivity index (χ1v) is 7.81. The van der Waals surface area contributed by atoms with Gasteiger partial charge in [-0.15, -0.1) is 0 Å². The summed E-state index contributed by atoms with van der Waals surface area (Å²) in [6.07, 6.45) is 4.43. The Morgan fingerprint density at radius 2 is 2.08 bits per heavy atom. The highest BCUT2D eigenvalue weighted by Crippen LogP contribution is 2.27. The molecule has 2 heterocycles. The van der Waals surface area contributed by atoms with Crippen LogP contribution in [0.3, 0.4) is 0 Å². The number of carbonyl (C=O) groups excluding carboxylic acids is 1. The average Bonchev–Trinajstić information content (AvgIpc) is 2.92. The van der Waals surface area contributed by atoms with E-state index in [1.165, 1.54) is 7.11 Å². The van der Waals surface area contributed by atoms with Crippen molar-refractivity contribution in [3.05, 3.63) is 58.9 Å². The van der Waals surface area contributed by atoms with Gasteiger partial charge in [-0.25, -0.2) is 4.98 Å². The molecule has 0 aliphatic heterocycles. The van der Waals surface area contributed by atoms with E-state index in [9.17, 15) is 4.79 Å². The van der Waals surface area contributed by atoms with E-state index < -0.39 is 0 Å². The third kappa shape index (κ3) is 3.36. The molecule has 24 heavy (non-hydrogen) atoms. The van der Waals surface area contributed by atoms with E-state index in [4.69, 9.17) is 21.1 Å². The van der Waals surface area contributed by atoms with Crippen LogP contribution in [0.5, 0.6) is 5.88 Å². The number of rotatable bonds is 5. The van der Waals surface area contributed by atoms with Gasteiger partial charge in [-0.05, 0) is 29.3 Å². The number of nitrogens with zero attached hydrogens (tertiary/aromatic N) is 2. The third-order valence-electron chi connectivity index (χ3n) is 3.85. The van der Waals surface area contributed by atoms with Gasteiger partial charge < -0.3 is 14.0 Å². The van der Waals surface area contributed by atoms with Crippen molar-refractivity contribution in [2.75, 3.05) is 14.2 Å². The predicted octanol–water partition coefficient (Wildman–Crippen LogP) is 3.46. The van der Waals surface area contributed by atoms with Gasteiger partial charge in [-0.2, -0.15) is 0 Å². The van der Waals surface area contributed by atoms with Crippen molar-refractivity contribution in [2.24, 2.45) is 0 Å². The number of pyridine rings is 1. The Morgan fingerprint density at radius 3 is 2.75 bits per heavy atom. The maximum atomic E-state index is 11.6. The second-order valence-corrected chi connectivity index (χ2v) is 5.84. The molecular formula is C18H17ClN2O3. The zero-order valence-electron chi connectivity index (χ0n) is 13.5. The molecule has 2 aromatic heterocycles. The SMILES string of the molecule is COC(=O)Cn1cc(Cc2ccc(OC)nc2)c2cc(Cl)ccc21. The number of aromatic nitrogens is 2. The van der Waals surface area contributed by atoms with Crippen molar-refractivity contribution in [2.45, 2.75) is 13.0 Å². The van der Waals surface area contributed by atoms with E-state index in [0.717, 1.165) is 22.0 Å². The molecule has 6 heteroatoms. The molecule has 0 atom stereocenters. The number of hydrogen-bond acceptors (Lipinski definition) is 4. The summed E-state index contributed by atoms with van der Waals surface area (Å²) in [5, 5.41) is 1.68. The highest BCUT2D eigenvalue weighted by atomic mass is 35.5. The molecule has 0 bridgehead atoms. The average molecular weight is 345 g/mol. The van der Waals surface area contributed by atoms with Crippen LogP contribution < -0.4 is 4.74 Å². The number of benzene rings is 1. The Hall–Kier alpha value is -2.53. The van der Waals surface area contributed by atoms with Crippen molar-refractivity contribution in [3.8, 4) is 5.88 Å². The summed E-state index contributed by atoms with van der Waals surface area (Å²) < 4.78 is 11.7. The van der Waals surface area contributed by atoms with Crippen molar-refractivity contribution in [1.29, 1.82) is 0 Å². The van der Waals surface area contributed by atoms with Crippen LogP contribution in [0.1, 0.15) is 11.1 Å². The second kappa shape index (κ2) is 6.93. The van der Waals surface area contributed by atoms with Crippen LogP contribution in [-0.4, -0.2) is 29.7 Å². The standard InChI is InChI=1S/C18H17ClN2O3/c1-23-17-6-3-12(9-20-17)7-13-10-21(11-18(22)24-2)16-5-4-14(19)8-15(13)16/h3-6,8-10H,7,11H2,1-2H3. The molecule has 0 saturated heterocycles. The summed E-state index contributed by atoms with van der Waals surface area (Å²) in [6, 6.07) is 9.44. The smallest absolute Gasteiger partial charge is 0.325 e. The van der Waals surface area contributed by atoms with Gasteiger partial charge in [0.1, 0.15) is 6.54 Å². The largest absolute Gasteiger partial charge is 0.481 e. The van der Waals surface area contributed by atoms with E-state index in [0.29, 0.717) is 17.3 Å². The Labute approximate surface area is 144 Å². The van der Waals surface area contributed by atoms with Crippen LogP contribution >= 0.6 is 11.6 Å². The zero-order chi connectivity index (χ0) is 17.1. The minimum atomic E-state index is -0.292. The zero-order valence-corrected chi connectivity index (χ0v) is 14.2. The van der Waals surface area contributed by atoms with E-state index in [-0.39, 0.29) is 12.5 Å². The summed E-state index contributed by atoms with van der Waals surface area (Å²) >= 11 is 6.15. The summed E-state index contributed by atoms with van der Waals surface area (Å²) in [5.41, 5.74) is 3.07. The van der Waals surface area contributed by atoms with Gasteiger partial charge in [0.05, 0.1) is 14.2 Å². The Kier molecular flexibility index (Phi) is 4.71. The first-order chi connectivity index (χ1) is 11.6. The van der Waals surface area contributed by atoms with Crippen molar-refractivity contribution >= 4 is 28.5 Å². The number of fused-ring (bicyclic) bond motifs is 1. The number of carbonyl (C=O) groups is 1. The van der Waals surface area contributed by atoms with E-state index in [2.05, 4.69) is 4.98 Å². The molecule has 0 saturated carbocycles. The molecule has 1 aromatic carbocycles. The van der Waals surface area contributed by atoms with Crippen LogP contribution in [0.2, 0.25) is 5.02 Å². The minimum Gasteiger partial charge on any atom is -0.481 e. The highest BCUT2D eigenvalue weighted by molar-refractivity contribution is 6.31. The van der Waals surface area contributed by atoms with Gasteiger partial charge in [0, 0.05) is 40.8 Å². The number of hydrogen-bond donors (Lipinski definition) is 0. The first kappa shape index (κ1) is 16.3. The number of halogens is 1. The summed E-state index contributed by atoms with van der Waals surface area (Å²) in [5.74, 6) is 0.287. The lowest BCUT2D eigenvalue weighted by molar-refractivity contribution is -0.141. The Morgan fingerprint density at radius 1 is 1.25 bits per heavy atom. The molecule has 0 aliphatic carbocycles.